The van der Waals surface area contributed by atoms with E-state index < -0.39 is 0 Å². The summed E-state index contributed by atoms with van der Waals surface area (Å²) in [6.07, 6.45) is 2.42. The van der Waals surface area contributed by atoms with Crippen LogP contribution in [0.2, 0.25) is 0 Å². The number of nitrogens with one attached hydrogen (secondary N) is 1. The minimum absolute atomic E-state index is 0.126. The minimum atomic E-state index is -0.379. The third-order valence-corrected chi connectivity index (χ3v) is 4.09. The molecule has 0 saturated carbocycles. The van der Waals surface area contributed by atoms with E-state index in [1.54, 1.807) is 12.1 Å². The van der Waals surface area contributed by atoms with Crippen molar-refractivity contribution in [2.75, 3.05) is 5.32 Å². The molecule has 1 atom stereocenters. The van der Waals surface area contributed by atoms with E-state index in [0.717, 1.165) is 18.4 Å². The summed E-state index contributed by atoms with van der Waals surface area (Å²) in [6, 6.07) is 13.1. The van der Waals surface area contributed by atoms with Crippen molar-refractivity contribution in [3.05, 3.63) is 65.0 Å². The molecule has 0 saturated heterocycles. The van der Waals surface area contributed by atoms with E-state index in [0.29, 0.717) is 6.42 Å². The van der Waals surface area contributed by atoms with Gasteiger partial charge in [-0.2, -0.15) is 0 Å². The van der Waals surface area contributed by atoms with Crippen LogP contribution in [0.3, 0.4) is 0 Å². The first kappa shape index (κ1) is 13.8. The van der Waals surface area contributed by atoms with Crippen molar-refractivity contribution in [2.24, 2.45) is 0 Å². The summed E-state index contributed by atoms with van der Waals surface area (Å²) < 4.78 is 13.7. The number of rotatable bonds is 3. The lowest BCUT2D eigenvalue weighted by molar-refractivity contribution is -0.116. The highest BCUT2D eigenvalue weighted by Crippen LogP contribution is 2.35. The molecule has 1 unspecified atom stereocenters. The zero-order valence-corrected chi connectivity index (χ0v) is 12.0. The number of carbonyl (C=O) groups is 1. The van der Waals surface area contributed by atoms with Crippen molar-refractivity contribution >= 4 is 11.6 Å². The molecule has 108 valence electrons. The molecule has 0 bridgehead atoms. The van der Waals surface area contributed by atoms with Crippen LogP contribution >= 0.6 is 0 Å². The number of amides is 1. The van der Waals surface area contributed by atoms with Gasteiger partial charge < -0.3 is 5.32 Å². The third kappa shape index (κ3) is 2.97. The number of halogens is 1. The third-order valence-electron chi connectivity index (χ3n) is 4.09. The molecule has 3 heteroatoms. The number of aryl methyl sites for hydroxylation is 2. The molecule has 0 radical (unpaired) electrons. The Balaban J connectivity index is 1.68. The molecule has 21 heavy (non-hydrogen) atoms. The van der Waals surface area contributed by atoms with Crippen LogP contribution in [-0.4, -0.2) is 5.91 Å². The molecule has 0 fully saturated rings. The minimum Gasteiger partial charge on any atom is -0.324 e. The zero-order valence-electron chi connectivity index (χ0n) is 12.0. The molecule has 1 aliphatic rings. The van der Waals surface area contributed by atoms with Gasteiger partial charge in [0, 0.05) is 6.42 Å². The van der Waals surface area contributed by atoms with Gasteiger partial charge in [0.05, 0.1) is 5.69 Å². The van der Waals surface area contributed by atoms with Crippen LogP contribution in [0, 0.1) is 12.7 Å². The van der Waals surface area contributed by atoms with Crippen molar-refractivity contribution in [3.8, 4) is 0 Å². The Morgan fingerprint density at radius 3 is 2.90 bits per heavy atom. The van der Waals surface area contributed by atoms with Gasteiger partial charge in [0.2, 0.25) is 5.91 Å². The van der Waals surface area contributed by atoms with Crippen LogP contribution in [0.5, 0.6) is 0 Å². The van der Waals surface area contributed by atoms with E-state index in [1.165, 1.54) is 17.2 Å². The largest absolute Gasteiger partial charge is 0.324 e. The Kier molecular flexibility index (Phi) is 3.74. The second kappa shape index (κ2) is 5.68. The van der Waals surface area contributed by atoms with E-state index in [4.69, 9.17) is 0 Å². The predicted octanol–water partition coefficient (Wildman–Crippen LogP) is 4.19. The SMILES string of the molecule is Cc1ccc(NC(=O)CC2CCc3ccccc32)c(F)c1. The Morgan fingerprint density at radius 1 is 1.29 bits per heavy atom. The lowest BCUT2D eigenvalue weighted by Gasteiger charge is -2.12. The van der Waals surface area contributed by atoms with E-state index in [2.05, 4.69) is 17.4 Å². The first-order valence-corrected chi connectivity index (χ1v) is 7.27. The van der Waals surface area contributed by atoms with Crippen LogP contribution in [0.15, 0.2) is 42.5 Å². The summed E-state index contributed by atoms with van der Waals surface area (Å²) in [5.74, 6) is -0.260. The first-order chi connectivity index (χ1) is 10.1. The Bertz CT molecular complexity index is 681. The van der Waals surface area contributed by atoms with Crippen molar-refractivity contribution in [1.29, 1.82) is 0 Å². The molecular weight excluding hydrogens is 265 g/mol. The molecule has 2 aromatic carbocycles. The maximum Gasteiger partial charge on any atom is 0.225 e. The summed E-state index contributed by atoms with van der Waals surface area (Å²) in [6.45, 7) is 1.82. The molecular formula is C18H18FNO. The average molecular weight is 283 g/mol. The lowest BCUT2D eigenvalue weighted by Crippen LogP contribution is -2.15. The zero-order chi connectivity index (χ0) is 14.8. The first-order valence-electron chi connectivity index (χ1n) is 7.27. The highest BCUT2D eigenvalue weighted by atomic mass is 19.1. The highest BCUT2D eigenvalue weighted by Gasteiger charge is 2.24. The van der Waals surface area contributed by atoms with Gasteiger partial charge in [0.25, 0.3) is 0 Å². The molecule has 2 aromatic rings. The number of benzene rings is 2. The van der Waals surface area contributed by atoms with Gasteiger partial charge in [0.1, 0.15) is 5.82 Å². The predicted molar refractivity (Wildman–Crippen MR) is 81.9 cm³/mol. The summed E-state index contributed by atoms with van der Waals surface area (Å²) in [5, 5.41) is 2.68. The van der Waals surface area contributed by atoms with E-state index in [1.807, 2.05) is 19.1 Å². The molecule has 1 amide bonds. The number of fused-ring (bicyclic) bond motifs is 1. The van der Waals surface area contributed by atoms with E-state index in [9.17, 15) is 9.18 Å². The second-order valence-electron chi connectivity index (χ2n) is 5.67. The van der Waals surface area contributed by atoms with E-state index >= 15 is 0 Å². The van der Waals surface area contributed by atoms with Gasteiger partial charge >= 0.3 is 0 Å². The molecule has 0 heterocycles. The molecule has 3 rings (SSSR count). The maximum atomic E-state index is 13.7. The van der Waals surface area contributed by atoms with Crippen molar-refractivity contribution < 1.29 is 9.18 Å². The van der Waals surface area contributed by atoms with Crippen LogP contribution in [-0.2, 0) is 11.2 Å². The number of hydrogen-bond donors (Lipinski definition) is 1. The lowest BCUT2D eigenvalue weighted by atomic mass is 9.97. The molecule has 1 aliphatic carbocycles. The smallest absolute Gasteiger partial charge is 0.225 e. The van der Waals surface area contributed by atoms with Crippen molar-refractivity contribution in [2.45, 2.75) is 32.1 Å². The quantitative estimate of drug-likeness (QED) is 0.899. The summed E-state index contributed by atoms with van der Waals surface area (Å²) >= 11 is 0. The Morgan fingerprint density at radius 2 is 2.10 bits per heavy atom. The van der Waals surface area contributed by atoms with Gasteiger partial charge in [-0.1, -0.05) is 30.3 Å². The van der Waals surface area contributed by atoms with Crippen LogP contribution in [0.25, 0.3) is 0 Å². The Labute approximate surface area is 124 Å². The molecule has 0 aromatic heterocycles. The van der Waals surface area contributed by atoms with Gasteiger partial charge in [-0.05, 0) is 54.5 Å². The van der Waals surface area contributed by atoms with Crippen LogP contribution in [0.1, 0.15) is 35.4 Å². The molecule has 0 spiro atoms. The topological polar surface area (TPSA) is 29.1 Å². The fourth-order valence-electron chi connectivity index (χ4n) is 3.00. The fourth-order valence-corrected chi connectivity index (χ4v) is 3.00. The highest BCUT2D eigenvalue weighted by molar-refractivity contribution is 5.91. The fraction of sp³-hybridized carbons (Fsp3) is 0.278. The van der Waals surface area contributed by atoms with Crippen molar-refractivity contribution in [3.63, 3.8) is 0 Å². The van der Waals surface area contributed by atoms with Crippen LogP contribution < -0.4 is 5.32 Å². The molecule has 1 N–H and O–H groups in total. The number of hydrogen-bond acceptors (Lipinski definition) is 1. The molecule has 2 nitrogen and oxygen atoms in total. The van der Waals surface area contributed by atoms with E-state index in [-0.39, 0.29) is 23.3 Å². The monoisotopic (exact) mass is 283 g/mol. The number of anilines is 1. The maximum absolute atomic E-state index is 13.7. The van der Waals surface area contributed by atoms with Gasteiger partial charge in [0.15, 0.2) is 0 Å². The molecule has 0 aliphatic heterocycles. The summed E-state index contributed by atoms with van der Waals surface area (Å²) in [4.78, 5) is 12.1. The normalized spacial score (nSPS) is 16.6. The number of carbonyl (C=O) groups excluding carboxylic acids is 1. The summed E-state index contributed by atoms with van der Waals surface area (Å²) in [5.41, 5.74) is 3.70. The van der Waals surface area contributed by atoms with Gasteiger partial charge in [-0.25, -0.2) is 4.39 Å². The van der Waals surface area contributed by atoms with Crippen molar-refractivity contribution in [1.82, 2.24) is 0 Å². The average Bonchev–Trinajstić information content (AvgIpc) is 2.85. The van der Waals surface area contributed by atoms with Gasteiger partial charge in [-0.15, -0.1) is 0 Å². The standard InChI is InChI=1S/C18H18FNO/c1-12-6-9-17(16(19)10-12)20-18(21)11-14-8-7-13-4-2-3-5-15(13)14/h2-6,9-10,14H,7-8,11H2,1H3,(H,20,21). The summed E-state index contributed by atoms with van der Waals surface area (Å²) in [7, 11) is 0. The van der Waals surface area contributed by atoms with Crippen LogP contribution in [0.4, 0.5) is 10.1 Å². The second-order valence-corrected chi connectivity index (χ2v) is 5.67. The van der Waals surface area contributed by atoms with Gasteiger partial charge in [-0.3, -0.25) is 4.79 Å². The Hall–Kier alpha value is -2.16.